The zero-order chi connectivity index (χ0) is 18.7. The number of anilines is 1. The fourth-order valence-corrected chi connectivity index (χ4v) is 4.19. The number of rotatable bonds is 6. The van der Waals surface area contributed by atoms with Crippen molar-refractivity contribution in [3.8, 4) is 11.5 Å². The fourth-order valence-electron chi connectivity index (χ4n) is 3.08. The van der Waals surface area contributed by atoms with Crippen molar-refractivity contribution in [2.75, 3.05) is 12.4 Å². The Morgan fingerprint density at radius 1 is 1.46 bits per heavy atom. The number of carbonyl (C=O) groups is 1. The van der Waals surface area contributed by atoms with Crippen LogP contribution in [0.2, 0.25) is 0 Å². The van der Waals surface area contributed by atoms with Crippen LogP contribution in [0.3, 0.4) is 0 Å². The van der Waals surface area contributed by atoms with E-state index >= 15 is 0 Å². The average Bonchev–Trinajstić information content (AvgIpc) is 3.02. The summed E-state index contributed by atoms with van der Waals surface area (Å²) in [5.74, 6) is -0.120. The second kappa shape index (κ2) is 7.99. The van der Waals surface area contributed by atoms with Crippen molar-refractivity contribution in [1.29, 1.82) is 0 Å². The molecule has 1 heterocycles. The van der Waals surface area contributed by atoms with Crippen LogP contribution in [-0.4, -0.2) is 24.6 Å². The summed E-state index contributed by atoms with van der Waals surface area (Å²) < 4.78 is 35.0. The number of benzene rings is 1. The maximum atomic E-state index is 12.7. The topological polar surface area (TPSA) is 60.5 Å². The zero-order valence-corrected chi connectivity index (χ0v) is 15.4. The molecule has 8 heteroatoms. The predicted octanol–water partition coefficient (Wildman–Crippen LogP) is 4.52. The van der Waals surface area contributed by atoms with E-state index in [1.165, 1.54) is 35.5 Å². The van der Waals surface area contributed by atoms with E-state index < -0.39 is 12.5 Å². The van der Waals surface area contributed by atoms with Crippen LogP contribution in [-0.2, 0) is 12.8 Å². The van der Waals surface area contributed by atoms with E-state index in [4.69, 9.17) is 4.74 Å². The van der Waals surface area contributed by atoms with Gasteiger partial charge in [0.15, 0.2) is 16.6 Å². The number of thiazole rings is 1. The zero-order valence-electron chi connectivity index (χ0n) is 14.6. The third-order valence-electron chi connectivity index (χ3n) is 4.49. The number of methoxy groups -OCH3 is 1. The van der Waals surface area contributed by atoms with Crippen molar-refractivity contribution in [2.24, 2.45) is 5.92 Å². The third kappa shape index (κ3) is 3.95. The summed E-state index contributed by atoms with van der Waals surface area (Å²) in [7, 11) is 1.33. The highest BCUT2D eigenvalue weighted by molar-refractivity contribution is 7.15. The third-order valence-corrected chi connectivity index (χ3v) is 5.53. The Hall–Kier alpha value is -2.22. The number of ether oxygens (including phenoxy) is 2. The van der Waals surface area contributed by atoms with Crippen LogP contribution in [0, 0.1) is 5.92 Å². The highest BCUT2D eigenvalue weighted by Crippen LogP contribution is 2.35. The normalized spacial score (nSPS) is 16.3. The highest BCUT2D eigenvalue weighted by atomic mass is 32.1. The largest absolute Gasteiger partial charge is 0.493 e. The first-order chi connectivity index (χ1) is 12.5. The number of nitrogens with zero attached hydrogens (tertiary/aromatic N) is 1. The number of para-hydroxylation sites is 1. The van der Waals surface area contributed by atoms with E-state index in [1.54, 1.807) is 6.07 Å². The maximum absolute atomic E-state index is 12.7. The van der Waals surface area contributed by atoms with Crippen molar-refractivity contribution in [3.05, 3.63) is 34.3 Å². The molecule has 1 aliphatic carbocycles. The van der Waals surface area contributed by atoms with E-state index in [9.17, 15) is 13.6 Å². The van der Waals surface area contributed by atoms with Crippen molar-refractivity contribution < 1.29 is 23.0 Å². The summed E-state index contributed by atoms with van der Waals surface area (Å²) in [4.78, 5) is 18.3. The first-order valence-corrected chi connectivity index (χ1v) is 9.25. The summed E-state index contributed by atoms with van der Waals surface area (Å²) in [6.45, 7) is -0.886. The van der Waals surface area contributed by atoms with Crippen molar-refractivity contribution in [2.45, 2.75) is 39.2 Å². The summed E-state index contributed by atoms with van der Waals surface area (Å²) in [5.41, 5.74) is 0.994. The van der Waals surface area contributed by atoms with Crippen molar-refractivity contribution in [1.82, 2.24) is 4.98 Å². The number of amides is 1. The molecule has 1 aliphatic rings. The van der Waals surface area contributed by atoms with Crippen LogP contribution >= 0.6 is 11.3 Å². The SMILES string of the molecule is CCC1CCc2nc(NC(=O)c3cccc(OC)c3OC(F)F)sc2C1. The monoisotopic (exact) mass is 382 g/mol. The fraction of sp³-hybridized carbons (Fsp3) is 0.444. The standard InChI is InChI=1S/C18H20F2N2O3S/c1-3-10-7-8-12-14(9-10)26-18(21-12)22-16(23)11-5-4-6-13(24-2)15(11)25-17(19)20/h4-6,10,17H,3,7-9H2,1-2H3,(H,21,22,23). The van der Waals surface area contributed by atoms with Gasteiger partial charge in [0.25, 0.3) is 5.91 Å². The van der Waals surface area contributed by atoms with E-state index in [0.717, 1.165) is 31.4 Å². The number of aryl methyl sites for hydroxylation is 1. The molecule has 0 bridgehead atoms. The van der Waals surface area contributed by atoms with E-state index in [2.05, 4.69) is 22.0 Å². The molecule has 1 aromatic heterocycles. The summed E-state index contributed by atoms with van der Waals surface area (Å²) in [6.07, 6.45) is 4.09. The molecule has 1 unspecified atom stereocenters. The molecule has 1 amide bonds. The van der Waals surface area contributed by atoms with Gasteiger partial charge in [0.2, 0.25) is 0 Å². The van der Waals surface area contributed by atoms with Gasteiger partial charge in [0.1, 0.15) is 0 Å². The molecule has 0 fully saturated rings. The molecule has 1 atom stereocenters. The number of nitrogens with one attached hydrogen (secondary N) is 1. The molecule has 0 spiro atoms. The van der Waals surface area contributed by atoms with Gasteiger partial charge in [-0.05, 0) is 37.3 Å². The molecular formula is C18H20F2N2O3S. The molecule has 2 aromatic rings. The van der Waals surface area contributed by atoms with Crippen LogP contribution < -0.4 is 14.8 Å². The second-order valence-corrected chi connectivity index (χ2v) is 7.16. The minimum absolute atomic E-state index is 0.0238. The number of alkyl halides is 2. The molecule has 0 saturated carbocycles. The molecular weight excluding hydrogens is 362 g/mol. The number of carbonyl (C=O) groups excluding carboxylic acids is 1. The van der Waals surface area contributed by atoms with Crippen LogP contribution in [0.1, 0.15) is 40.7 Å². The number of hydrogen-bond acceptors (Lipinski definition) is 5. The van der Waals surface area contributed by atoms with Gasteiger partial charge < -0.3 is 9.47 Å². The molecule has 0 aliphatic heterocycles. The average molecular weight is 382 g/mol. The quantitative estimate of drug-likeness (QED) is 0.798. The Bertz CT molecular complexity index is 795. The molecule has 5 nitrogen and oxygen atoms in total. The van der Waals surface area contributed by atoms with Crippen molar-refractivity contribution in [3.63, 3.8) is 0 Å². The Balaban J connectivity index is 1.82. The van der Waals surface area contributed by atoms with Gasteiger partial charge in [-0.2, -0.15) is 8.78 Å². The lowest BCUT2D eigenvalue weighted by Gasteiger charge is -2.18. The minimum atomic E-state index is -3.06. The van der Waals surface area contributed by atoms with Crippen LogP contribution in [0.25, 0.3) is 0 Å². The van der Waals surface area contributed by atoms with Gasteiger partial charge in [-0.25, -0.2) is 4.98 Å². The van der Waals surface area contributed by atoms with Gasteiger partial charge >= 0.3 is 6.61 Å². The number of fused-ring (bicyclic) bond motifs is 1. The Morgan fingerprint density at radius 2 is 2.27 bits per heavy atom. The lowest BCUT2D eigenvalue weighted by Crippen LogP contribution is -2.15. The maximum Gasteiger partial charge on any atom is 0.387 e. The molecule has 140 valence electrons. The Labute approximate surface area is 154 Å². The molecule has 1 N–H and O–H groups in total. The summed E-state index contributed by atoms with van der Waals surface area (Å²) >= 11 is 1.44. The van der Waals surface area contributed by atoms with Gasteiger partial charge in [-0.1, -0.05) is 19.4 Å². The van der Waals surface area contributed by atoms with Crippen molar-refractivity contribution >= 4 is 22.4 Å². The minimum Gasteiger partial charge on any atom is -0.493 e. The molecule has 26 heavy (non-hydrogen) atoms. The van der Waals surface area contributed by atoms with Gasteiger partial charge in [0.05, 0.1) is 18.4 Å². The van der Waals surface area contributed by atoms with Crippen LogP contribution in [0.5, 0.6) is 11.5 Å². The molecule has 1 aromatic carbocycles. The van der Waals surface area contributed by atoms with Gasteiger partial charge in [-0.15, -0.1) is 11.3 Å². The highest BCUT2D eigenvalue weighted by Gasteiger charge is 2.24. The first-order valence-electron chi connectivity index (χ1n) is 8.43. The predicted molar refractivity (Wildman–Crippen MR) is 95.5 cm³/mol. The summed E-state index contributed by atoms with van der Waals surface area (Å²) in [5, 5.41) is 3.18. The van der Waals surface area contributed by atoms with Gasteiger partial charge in [0, 0.05) is 4.88 Å². The smallest absolute Gasteiger partial charge is 0.387 e. The first kappa shape index (κ1) is 18.6. The Kier molecular flexibility index (Phi) is 5.70. The number of halogens is 2. The number of hydrogen-bond donors (Lipinski definition) is 1. The van der Waals surface area contributed by atoms with Crippen LogP contribution in [0.4, 0.5) is 13.9 Å². The van der Waals surface area contributed by atoms with E-state index in [0.29, 0.717) is 11.0 Å². The molecule has 0 radical (unpaired) electrons. The lowest BCUT2D eigenvalue weighted by molar-refractivity contribution is -0.0515. The second-order valence-electron chi connectivity index (χ2n) is 6.08. The molecule has 0 saturated heterocycles. The lowest BCUT2D eigenvalue weighted by atomic mass is 9.89. The molecule has 3 rings (SSSR count). The van der Waals surface area contributed by atoms with Gasteiger partial charge in [-0.3, -0.25) is 10.1 Å². The number of aromatic nitrogens is 1. The Morgan fingerprint density at radius 3 is 2.96 bits per heavy atom. The van der Waals surface area contributed by atoms with E-state index in [1.807, 2.05) is 0 Å². The van der Waals surface area contributed by atoms with Crippen LogP contribution in [0.15, 0.2) is 18.2 Å². The van der Waals surface area contributed by atoms with E-state index in [-0.39, 0.29) is 17.1 Å². The summed E-state index contributed by atoms with van der Waals surface area (Å²) in [6, 6.07) is 4.42.